The molecule has 0 aliphatic carbocycles. The van der Waals surface area contributed by atoms with Crippen molar-refractivity contribution in [2.75, 3.05) is 27.3 Å². The van der Waals surface area contributed by atoms with Gasteiger partial charge in [-0.05, 0) is 35.4 Å². The first-order valence-corrected chi connectivity index (χ1v) is 10.8. The molecule has 0 bridgehead atoms. The minimum absolute atomic E-state index is 0.0639. The van der Waals surface area contributed by atoms with Crippen molar-refractivity contribution in [1.29, 1.82) is 0 Å². The maximum atomic E-state index is 12.5. The van der Waals surface area contributed by atoms with Crippen molar-refractivity contribution in [3.63, 3.8) is 0 Å². The van der Waals surface area contributed by atoms with Gasteiger partial charge in [-0.1, -0.05) is 29.5 Å². The summed E-state index contributed by atoms with van der Waals surface area (Å²) in [5.74, 6) is 1.43. The molecule has 0 saturated carbocycles. The summed E-state index contributed by atoms with van der Waals surface area (Å²) in [7, 11) is 3.25. The van der Waals surface area contributed by atoms with Gasteiger partial charge in [-0.2, -0.15) is 0 Å². The second-order valence-electron chi connectivity index (χ2n) is 8.05. The van der Waals surface area contributed by atoms with E-state index in [1.807, 2.05) is 53.4 Å². The van der Waals surface area contributed by atoms with E-state index in [1.54, 1.807) is 25.1 Å². The number of nitrogens with one attached hydrogen (secondary N) is 1. The van der Waals surface area contributed by atoms with Gasteiger partial charge in [0, 0.05) is 32.0 Å². The van der Waals surface area contributed by atoms with Crippen LogP contribution in [0.4, 0.5) is 0 Å². The average Bonchev–Trinajstić information content (AvgIpc) is 3.45. The van der Waals surface area contributed by atoms with Crippen molar-refractivity contribution in [2.45, 2.75) is 19.5 Å². The quantitative estimate of drug-likeness (QED) is 0.537. The summed E-state index contributed by atoms with van der Waals surface area (Å²) < 4.78 is 11.9. The molecule has 0 spiro atoms. The van der Waals surface area contributed by atoms with Gasteiger partial charge in [0.05, 0.1) is 27.0 Å². The van der Waals surface area contributed by atoms with Crippen molar-refractivity contribution in [3.05, 3.63) is 71.5 Å². The number of rotatable bonds is 9. The Morgan fingerprint density at radius 3 is 2.21 bits per heavy atom. The van der Waals surface area contributed by atoms with Crippen LogP contribution in [0.3, 0.4) is 0 Å². The first-order chi connectivity index (χ1) is 16.0. The summed E-state index contributed by atoms with van der Waals surface area (Å²) >= 11 is 0. The SMILES string of the molecule is COc1ccc(CN2CC(CNC(=O)c3cn(Cc4ccc(OC)cc4)nn3)CC2=O)cc1. The Balaban J connectivity index is 1.26. The maximum Gasteiger partial charge on any atom is 0.273 e. The van der Waals surface area contributed by atoms with Crippen molar-refractivity contribution >= 4 is 11.8 Å². The van der Waals surface area contributed by atoms with E-state index in [0.717, 1.165) is 22.6 Å². The number of hydrogen-bond donors (Lipinski definition) is 1. The van der Waals surface area contributed by atoms with E-state index >= 15 is 0 Å². The van der Waals surface area contributed by atoms with Crippen molar-refractivity contribution < 1.29 is 19.1 Å². The lowest BCUT2D eigenvalue weighted by molar-refractivity contribution is -0.128. The van der Waals surface area contributed by atoms with E-state index in [-0.39, 0.29) is 23.4 Å². The number of nitrogens with zero attached hydrogens (tertiary/aromatic N) is 4. The number of methoxy groups -OCH3 is 2. The smallest absolute Gasteiger partial charge is 0.273 e. The van der Waals surface area contributed by atoms with Gasteiger partial charge in [-0.3, -0.25) is 9.59 Å². The zero-order valence-electron chi connectivity index (χ0n) is 18.7. The molecule has 1 aliphatic rings. The van der Waals surface area contributed by atoms with Crippen molar-refractivity contribution in [1.82, 2.24) is 25.2 Å². The minimum Gasteiger partial charge on any atom is -0.497 e. The fourth-order valence-corrected chi connectivity index (χ4v) is 3.82. The van der Waals surface area contributed by atoms with Crippen LogP contribution in [0.5, 0.6) is 11.5 Å². The number of amides is 2. The van der Waals surface area contributed by atoms with Crippen LogP contribution in [0.15, 0.2) is 54.7 Å². The number of aromatic nitrogens is 3. The molecule has 4 rings (SSSR count). The fraction of sp³-hybridized carbons (Fsp3) is 0.333. The molecule has 1 atom stereocenters. The molecule has 0 radical (unpaired) electrons. The van der Waals surface area contributed by atoms with Crippen LogP contribution in [0.1, 0.15) is 28.0 Å². The second-order valence-corrected chi connectivity index (χ2v) is 8.05. The van der Waals surface area contributed by atoms with Crippen molar-refractivity contribution in [2.24, 2.45) is 5.92 Å². The normalized spacial score (nSPS) is 15.5. The molecule has 3 aromatic rings. The van der Waals surface area contributed by atoms with Gasteiger partial charge in [0.2, 0.25) is 5.91 Å². The highest BCUT2D eigenvalue weighted by atomic mass is 16.5. The van der Waals surface area contributed by atoms with E-state index in [4.69, 9.17) is 9.47 Å². The lowest BCUT2D eigenvalue weighted by Gasteiger charge is -2.17. The molecule has 1 aromatic heterocycles. The van der Waals surface area contributed by atoms with Gasteiger partial charge >= 0.3 is 0 Å². The molecule has 1 unspecified atom stereocenters. The van der Waals surface area contributed by atoms with Crippen LogP contribution in [-0.4, -0.2) is 59.0 Å². The number of carbonyl (C=O) groups is 2. The Bertz CT molecular complexity index is 1090. The Morgan fingerprint density at radius 2 is 1.61 bits per heavy atom. The minimum atomic E-state index is -0.294. The Labute approximate surface area is 192 Å². The molecule has 2 aromatic carbocycles. The van der Waals surface area contributed by atoms with Crippen LogP contribution < -0.4 is 14.8 Å². The van der Waals surface area contributed by atoms with Gasteiger partial charge in [-0.25, -0.2) is 4.68 Å². The first kappa shape index (κ1) is 22.3. The lowest BCUT2D eigenvalue weighted by Crippen LogP contribution is -2.31. The fourth-order valence-electron chi connectivity index (χ4n) is 3.82. The van der Waals surface area contributed by atoms with Gasteiger partial charge in [0.15, 0.2) is 5.69 Å². The third kappa shape index (κ3) is 5.68. The molecule has 1 N–H and O–H groups in total. The summed E-state index contributed by atoms with van der Waals surface area (Å²) in [5.41, 5.74) is 2.32. The molecular formula is C24H27N5O4. The van der Waals surface area contributed by atoms with Gasteiger partial charge in [0.1, 0.15) is 11.5 Å². The zero-order chi connectivity index (χ0) is 23.2. The molecule has 1 saturated heterocycles. The predicted octanol–water partition coefficient (Wildman–Crippen LogP) is 2.12. The van der Waals surface area contributed by atoms with E-state index in [0.29, 0.717) is 32.6 Å². The topological polar surface area (TPSA) is 98.6 Å². The number of likely N-dealkylation sites (tertiary alicyclic amines) is 1. The molecule has 9 nitrogen and oxygen atoms in total. The molecule has 9 heteroatoms. The van der Waals surface area contributed by atoms with Crippen LogP contribution in [0.25, 0.3) is 0 Å². The predicted molar refractivity (Wildman–Crippen MR) is 121 cm³/mol. The number of benzene rings is 2. The second kappa shape index (κ2) is 10.2. The number of carbonyl (C=O) groups excluding carboxylic acids is 2. The Kier molecular flexibility index (Phi) is 6.87. The highest BCUT2D eigenvalue weighted by Crippen LogP contribution is 2.21. The van der Waals surface area contributed by atoms with Crippen LogP contribution in [0.2, 0.25) is 0 Å². The van der Waals surface area contributed by atoms with Crippen LogP contribution >= 0.6 is 0 Å². The van der Waals surface area contributed by atoms with E-state index < -0.39 is 0 Å². The highest BCUT2D eigenvalue weighted by molar-refractivity contribution is 5.91. The average molecular weight is 450 g/mol. The Hall–Kier alpha value is -3.88. The summed E-state index contributed by atoms with van der Waals surface area (Å²) in [4.78, 5) is 26.7. The maximum absolute atomic E-state index is 12.5. The highest BCUT2D eigenvalue weighted by Gasteiger charge is 2.30. The van der Waals surface area contributed by atoms with E-state index in [9.17, 15) is 9.59 Å². The lowest BCUT2D eigenvalue weighted by atomic mass is 10.1. The molecular weight excluding hydrogens is 422 g/mol. The van der Waals surface area contributed by atoms with Crippen LogP contribution in [0, 0.1) is 5.92 Å². The summed E-state index contributed by atoms with van der Waals surface area (Å²) in [5, 5.41) is 10.9. The van der Waals surface area contributed by atoms with Gasteiger partial charge in [-0.15, -0.1) is 5.10 Å². The third-order valence-corrected chi connectivity index (χ3v) is 5.65. The standard InChI is InChI=1S/C24H27N5O4/c1-32-20-7-3-17(4-8-20)13-28-14-19(11-23(28)30)12-25-24(31)22-16-29(27-26-22)15-18-5-9-21(33-2)10-6-18/h3-10,16,19H,11-15H2,1-2H3,(H,25,31). The summed E-state index contributed by atoms with van der Waals surface area (Å²) in [6.07, 6.45) is 2.04. The summed E-state index contributed by atoms with van der Waals surface area (Å²) in [6, 6.07) is 15.3. The Morgan fingerprint density at radius 1 is 1.00 bits per heavy atom. The largest absolute Gasteiger partial charge is 0.497 e. The molecule has 172 valence electrons. The third-order valence-electron chi connectivity index (χ3n) is 5.65. The van der Waals surface area contributed by atoms with E-state index in [2.05, 4.69) is 15.6 Å². The molecule has 1 fully saturated rings. The monoisotopic (exact) mass is 449 g/mol. The first-order valence-electron chi connectivity index (χ1n) is 10.8. The van der Waals surface area contributed by atoms with Crippen LogP contribution in [-0.2, 0) is 17.9 Å². The van der Waals surface area contributed by atoms with Crippen molar-refractivity contribution in [3.8, 4) is 11.5 Å². The molecule has 33 heavy (non-hydrogen) atoms. The van der Waals surface area contributed by atoms with E-state index in [1.165, 1.54) is 0 Å². The molecule has 2 heterocycles. The zero-order valence-corrected chi connectivity index (χ0v) is 18.7. The van der Waals surface area contributed by atoms with Gasteiger partial charge in [0.25, 0.3) is 5.91 Å². The summed E-state index contributed by atoms with van der Waals surface area (Å²) in [6.45, 7) is 2.07. The number of ether oxygens (including phenoxy) is 2. The number of hydrogen-bond acceptors (Lipinski definition) is 6. The molecule has 1 aliphatic heterocycles. The van der Waals surface area contributed by atoms with Gasteiger partial charge < -0.3 is 19.7 Å². The molecule has 2 amide bonds.